The van der Waals surface area contributed by atoms with Crippen molar-refractivity contribution in [3.8, 4) is 0 Å². The van der Waals surface area contributed by atoms with Crippen molar-refractivity contribution in [3.63, 3.8) is 0 Å². The van der Waals surface area contributed by atoms with Crippen LogP contribution in [-0.4, -0.2) is 64.3 Å². The Hall–Kier alpha value is -1.73. The molecule has 0 aromatic carbocycles. The SMILES string of the molecule is CNc1cncc(C(=O)N(CCO)CCO)n1. The minimum Gasteiger partial charge on any atom is -0.395 e. The van der Waals surface area contributed by atoms with E-state index in [4.69, 9.17) is 10.2 Å². The van der Waals surface area contributed by atoms with E-state index in [0.29, 0.717) is 5.82 Å². The van der Waals surface area contributed by atoms with Crippen LogP contribution >= 0.6 is 0 Å². The van der Waals surface area contributed by atoms with E-state index >= 15 is 0 Å². The summed E-state index contributed by atoms with van der Waals surface area (Å²) in [5, 5.41) is 20.5. The molecule has 1 aromatic heterocycles. The van der Waals surface area contributed by atoms with Gasteiger partial charge in [0.2, 0.25) is 0 Å². The normalized spacial score (nSPS) is 10.1. The molecule has 0 aliphatic rings. The maximum atomic E-state index is 12.0. The molecule has 1 heterocycles. The molecule has 0 atom stereocenters. The third-order valence-electron chi connectivity index (χ3n) is 2.14. The fourth-order valence-corrected chi connectivity index (χ4v) is 1.31. The van der Waals surface area contributed by atoms with Crippen LogP contribution in [0, 0.1) is 0 Å². The van der Waals surface area contributed by atoms with Crippen LogP contribution in [-0.2, 0) is 0 Å². The van der Waals surface area contributed by atoms with E-state index in [9.17, 15) is 4.79 Å². The second-order valence-electron chi connectivity index (χ2n) is 3.28. The minimum absolute atomic E-state index is 0.158. The zero-order chi connectivity index (χ0) is 12.7. The zero-order valence-electron chi connectivity index (χ0n) is 9.63. The van der Waals surface area contributed by atoms with E-state index in [2.05, 4.69) is 15.3 Å². The van der Waals surface area contributed by atoms with Crippen LogP contribution in [0.2, 0.25) is 0 Å². The number of hydrogen-bond donors (Lipinski definition) is 3. The first-order chi connectivity index (χ1) is 8.22. The van der Waals surface area contributed by atoms with Gasteiger partial charge < -0.3 is 20.4 Å². The van der Waals surface area contributed by atoms with Gasteiger partial charge in [0, 0.05) is 20.1 Å². The van der Waals surface area contributed by atoms with Crippen LogP contribution in [0.1, 0.15) is 10.5 Å². The number of nitrogens with one attached hydrogen (secondary N) is 1. The van der Waals surface area contributed by atoms with Crippen LogP contribution in [0.25, 0.3) is 0 Å². The smallest absolute Gasteiger partial charge is 0.274 e. The third kappa shape index (κ3) is 3.65. The van der Waals surface area contributed by atoms with Crippen molar-refractivity contribution in [1.29, 1.82) is 0 Å². The van der Waals surface area contributed by atoms with Crippen LogP contribution in [0.4, 0.5) is 5.82 Å². The first kappa shape index (κ1) is 13.3. The first-order valence-corrected chi connectivity index (χ1v) is 5.23. The van der Waals surface area contributed by atoms with Gasteiger partial charge in [0.05, 0.1) is 25.6 Å². The molecule has 1 rings (SSSR count). The summed E-state index contributed by atoms with van der Waals surface area (Å²) in [7, 11) is 1.68. The van der Waals surface area contributed by atoms with Crippen LogP contribution in [0.3, 0.4) is 0 Å². The Kier molecular flexibility index (Phi) is 5.31. The number of nitrogens with zero attached hydrogens (tertiary/aromatic N) is 3. The molecule has 17 heavy (non-hydrogen) atoms. The maximum Gasteiger partial charge on any atom is 0.274 e. The predicted molar refractivity (Wildman–Crippen MR) is 61.7 cm³/mol. The summed E-state index contributed by atoms with van der Waals surface area (Å²) in [6.07, 6.45) is 2.85. The van der Waals surface area contributed by atoms with E-state index in [1.807, 2.05) is 0 Å². The van der Waals surface area contributed by atoms with Gasteiger partial charge in [0.15, 0.2) is 0 Å². The van der Waals surface area contributed by atoms with Crippen LogP contribution in [0.5, 0.6) is 0 Å². The molecule has 0 saturated heterocycles. The molecule has 94 valence electrons. The lowest BCUT2D eigenvalue weighted by Crippen LogP contribution is -2.36. The Morgan fingerprint density at radius 1 is 1.35 bits per heavy atom. The highest BCUT2D eigenvalue weighted by Crippen LogP contribution is 2.04. The monoisotopic (exact) mass is 240 g/mol. The van der Waals surface area contributed by atoms with Crippen molar-refractivity contribution >= 4 is 11.7 Å². The molecule has 1 aromatic rings. The summed E-state index contributed by atoms with van der Waals surface area (Å²) in [5.41, 5.74) is 0.179. The predicted octanol–water partition coefficient (Wildman–Crippen LogP) is -1.05. The van der Waals surface area contributed by atoms with Crippen molar-refractivity contribution in [2.45, 2.75) is 0 Å². The average Bonchev–Trinajstić information content (AvgIpc) is 2.38. The van der Waals surface area contributed by atoms with Gasteiger partial charge in [0.25, 0.3) is 5.91 Å². The number of carbonyl (C=O) groups excluding carboxylic acids is 1. The molecule has 3 N–H and O–H groups in total. The number of amides is 1. The highest BCUT2D eigenvalue weighted by molar-refractivity contribution is 5.92. The molecule has 0 aliphatic heterocycles. The molecule has 0 saturated carbocycles. The number of anilines is 1. The van der Waals surface area contributed by atoms with Crippen molar-refractivity contribution in [3.05, 3.63) is 18.1 Å². The molecular weight excluding hydrogens is 224 g/mol. The van der Waals surface area contributed by atoms with Crippen molar-refractivity contribution < 1.29 is 15.0 Å². The van der Waals surface area contributed by atoms with Gasteiger partial charge in [-0.2, -0.15) is 0 Å². The zero-order valence-corrected chi connectivity index (χ0v) is 9.63. The summed E-state index contributed by atoms with van der Waals surface area (Å²) in [4.78, 5) is 21.2. The van der Waals surface area contributed by atoms with E-state index in [1.54, 1.807) is 7.05 Å². The largest absolute Gasteiger partial charge is 0.395 e. The summed E-state index contributed by atoms with van der Waals surface area (Å²) >= 11 is 0. The number of rotatable bonds is 6. The quantitative estimate of drug-likeness (QED) is 0.586. The Labute approximate surface area is 99.1 Å². The number of hydrogen-bond acceptors (Lipinski definition) is 6. The molecule has 7 nitrogen and oxygen atoms in total. The van der Waals surface area contributed by atoms with Crippen LogP contribution < -0.4 is 5.32 Å². The summed E-state index contributed by atoms with van der Waals surface area (Å²) in [5.74, 6) is 0.126. The van der Waals surface area contributed by atoms with Gasteiger partial charge in [0.1, 0.15) is 11.5 Å². The van der Waals surface area contributed by atoms with Gasteiger partial charge in [-0.1, -0.05) is 0 Å². The highest BCUT2D eigenvalue weighted by atomic mass is 16.3. The van der Waals surface area contributed by atoms with Gasteiger partial charge in [-0.3, -0.25) is 9.78 Å². The molecule has 0 aliphatic carbocycles. The van der Waals surface area contributed by atoms with Crippen LogP contribution in [0.15, 0.2) is 12.4 Å². The van der Waals surface area contributed by atoms with Gasteiger partial charge in [-0.05, 0) is 0 Å². The molecule has 0 radical (unpaired) electrons. The van der Waals surface area contributed by atoms with E-state index in [1.165, 1.54) is 17.3 Å². The Bertz CT molecular complexity index is 366. The minimum atomic E-state index is -0.363. The molecule has 0 unspecified atom stereocenters. The van der Waals surface area contributed by atoms with Crippen molar-refractivity contribution in [2.75, 3.05) is 38.7 Å². The number of aromatic nitrogens is 2. The molecule has 0 bridgehead atoms. The number of aliphatic hydroxyl groups excluding tert-OH is 2. The van der Waals surface area contributed by atoms with E-state index < -0.39 is 0 Å². The van der Waals surface area contributed by atoms with Gasteiger partial charge in [-0.25, -0.2) is 4.98 Å². The second-order valence-corrected chi connectivity index (χ2v) is 3.28. The maximum absolute atomic E-state index is 12.0. The average molecular weight is 240 g/mol. The Morgan fingerprint density at radius 3 is 2.53 bits per heavy atom. The topological polar surface area (TPSA) is 98.6 Å². The Balaban J connectivity index is 2.84. The van der Waals surface area contributed by atoms with Gasteiger partial charge in [-0.15, -0.1) is 0 Å². The first-order valence-electron chi connectivity index (χ1n) is 5.23. The third-order valence-corrected chi connectivity index (χ3v) is 2.14. The standard InChI is InChI=1S/C10H16N4O3/c1-11-9-7-12-6-8(13-9)10(17)14(2-4-15)3-5-16/h6-7,15-16H,2-5H2,1H3,(H,11,13). The highest BCUT2D eigenvalue weighted by Gasteiger charge is 2.16. The molecular formula is C10H16N4O3. The Morgan fingerprint density at radius 2 is 2.00 bits per heavy atom. The fraction of sp³-hybridized carbons (Fsp3) is 0.500. The lowest BCUT2D eigenvalue weighted by Gasteiger charge is -2.19. The molecule has 7 heteroatoms. The summed E-state index contributed by atoms with van der Waals surface area (Å²) in [6, 6.07) is 0. The fourth-order valence-electron chi connectivity index (χ4n) is 1.31. The van der Waals surface area contributed by atoms with E-state index in [-0.39, 0.29) is 37.9 Å². The van der Waals surface area contributed by atoms with Crippen molar-refractivity contribution in [2.24, 2.45) is 0 Å². The molecule has 0 fully saturated rings. The number of aliphatic hydroxyl groups is 2. The number of carbonyl (C=O) groups is 1. The lowest BCUT2D eigenvalue weighted by atomic mass is 10.3. The van der Waals surface area contributed by atoms with E-state index in [0.717, 1.165) is 0 Å². The molecule has 0 spiro atoms. The summed E-state index contributed by atoms with van der Waals surface area (Å²) < 4.78 is 0. The summed E-state index contributed by atoms with van der Waals surface area (Å²) in [6.45, 7) is -0.00845. The van der Waals surface area contributed by atoms with Gasteiger partial charge >= 0.3 is 0 Å². The lowest BCUT2D eigenvalue weighted by molar-refractivity contribution is 0.0678. The molecule has 1 amide bonds. The second kappa shape index (κ2) is 6.77. The van der Waals surface area contributed by atoms with Crippen molar-refractivity contribution in [1.82, 2.24) is 14.9 Å².